The van der Waals surface area contributed by atoms with Gasteiger partial charge in [-0.2, -0.15) is 0 Å². The van der Waals surface area contributed by atoms with Crippen molar-refractivity contribution in [2.24, 2.45) is 16.9 Å². The van der Waals surface area contributed by atoms with Crippen LogP contribution in [0.1, 0.15) is 58.3 Å². The first kappa shape index (κ1) is 21.5. The van der Waals surface area contributed by atoms with Crippen molar-refractivity contribution in [3.05, 3.63) is 11.4 Å². The van der Waals surface area contributed by atoms with E-state index in [1.54, 1.807) is 0 Å². The van der Waals surface area contributed by atoms with Crippen LogP contribution in [-0.4, -0.2) is 56.8 Å². The zero-order valence-electron chi connectivity index (χ0n) is 17.5. The third-order valence-electron chi connectivity index (χ3n) is 7.10. The van der Waals surface area contributed by atoms with E-state index in [0.29, 0.717) is 32.2 Å². The van der Waals surface area contributed by atoms with Crippen molar-refractivity contribution in [3.8, 4) is 0 Å². The van der Waals surface area contributed by atoms with Gasteiger partial charge in [-0.3, -0.25) is 29.5 Å². The van der Waals surface area contributed by atoms with Crippen LogP contribution >= 0.6 is 12.2 Å². The second kappa shape index (κ2) is 7.47. The Labute approximate surface area is 185 Å². The molecule has 0 aromatic rings. The Morgan fingerprint density at radius 2 is 1.77 bits per heavy atom. The number of nitrogens with one attached hydrogen (secondary N) is 2. The Bertz CT molecular complexity index is 895. The lowest BCUT2D eigenvalue weighted by Crippen LogP contribution is -2.65. The number of unbranched alkanes of at least 4 members (excludes halogenated alkanes) is 1. The molecule has 2 saturated heterocycles. The summed E-state index contributed by atoms with van der Waals surface area (Å²) in [6.45, 7) is 2.41. The van der Waals surface area contributed by atoms with E-state index in [1.165, 1.54) is 9.80 Å². The molecule has 11 heteroatoms. The van der Waals surface area contributed by atoms with E-state index in [-0.39, 0.29) is 33.9 Å². The third kappa shape index (κ3) is 3.35. The van der Waals surface area contributed by atoms with Crippen LogP contribution in [0.15, 0.2) is 11.4 Å². The number of imide groups is 1. The van der Waals surface area contributed by atoms with Gasteiger partial charge in [-0.15, -0.1) is 0 Å². The molecule has 31 heavy (non-hydrogen) atoms. The molecular formula is C20H28N6O4S. The summed E-state index contributed by atoms with van der Waals surface area (Å²) in [5.74, 6) is -1.61. The smallest absolute Gasteiger partial charge is 0.322 e. The average molecular weight is 449 g/mol. The molecule has 0 aromatic heterocycles. The van der Waals surface area contributed by atoms with Crippen molar-refractivity contribution in [2.75, 3.05) is 6.54 Å². The molecule has 4 rings (SSSR count). The van der Waals surface area contributed by atoms with Crippen molar-refractivity contribution in [3.63, 3.8) is 0 Å². The second-order valence-corrected chi connectivity index (χ2v) is 9.54. The van der Waals surface area contributed by atoms with Gasteiger partial charge in [0.05, 0.1) is 0 Å². The van der Waals surface area contributed by atoms with Crippen LogP contribution in [0.4, 0.5) is 4.79 Å². The van der Waals surface area contributed by atoms with E-state index in [9.17, 15) is 19.2 Å². The van der Waals surface area contributed by atoms with E-state index in [0.717, 1.165) is 25.7 Å². The molecule has 5 amide bonds. The van der Waals surface area contributed by atoms with Crippen LogP contribution in [0, 0.1) is 5.41 Å². The first-order valence-electron chi connectivity index (χ1n) is 10.7. The zero-order valence-corrected chi connectivity index (χ0v) is 18.3. The highest BCUT2D eigenvalue weighted by atomic mass is 32.1. The van der Waals surface area contributed by atoms with Crippen molar-refractivity contribution in [1.29, 1.82) is 0 Å². The Balaban J connectivity index is 1.48. The number of hydrogen-bond acceptors (Lipinski definition) is 7. The molecule has 168 valence electrons. The Hall–Kier alpha value is -2.69. The summed E-state index contributed by atoms with van der Waals surface area (Å²) in [6, 6.07) is -0.603. The van der Waals surface area contributed by atoms with Crippen LogP contribution in [0.5, 0.6) is 0 Å². The van der Waals surface area contributed by atoms with Gasteiger partial charge in [-0.25, -0.2) is 4.79 Å². The van der Waals surface area contributed by atoms with Gasteiger partial charge in [0.25, 0.3) is 17.7 Å². The largest absolute Gasteiger partial charge is 0.385 e. The summed E-state index contributed by atoms with van der Waals surface area (Å²) in [5.41, 5.74) is 10.3. The summed E-state index contributed by atoms with van der Waals surface area (Å²) < 4.78 is 0. The number of urea groups is 1. The van der Waals surface area contributed by atoms with E-state index in [4.69, 9.17) is 23.7 Å². The van der Waals surface area contributed by atoms with Crippen molar-refractivity contribution < 1.29 is 19.2 Å². The molecule has 6 N–H and O–H groups in total. The van der Waals surface area contributed by atoms with Gasteiger partial charge in [0, 0.05) is 12.6 Å². The molecule has 0 atom stereocenters. The predicted molar refractivity (Wildman–Crippen MR) is 115 cm³/mol. The fourth-order valence-electron chi connectivity index (χ4n) is 5.57. The second-order valence-electron chi connectivity index (χ2n) is 9.17. The van der Waals surface area contributed by atoms with Gasteiger partial charge in [-0.1, -0.05) is 13.3 Å². The number of nitrogens with two attached hydrogens (primary N) is 2. The first-order valence-corrected chi connectivity index (χ1v) is 11.1. The highest BCUT2D eigenvalue weighted by Crippen LogP contribution is 2.58. The number of rotatable bonds is 4. The summed E-state index contributed by atoms with van der Waals surface area (Å²) in [7, 11) is 0. The molecule has 4 aliphatic rings. The molecule has 4 fully saturated rings. The van der Waals surface area contributed by atoms with Crippen molar-refractivity contribution >= 4 is 41.1 Å². The van der Waals surface area contributed by atoms with Crippen LogP contribution in [0.2, 0.25) is 0 Å². The number of amides is 5. The predicted octanol–water partition coefficient (Wildman–Crippen LogP) is 0.172. The quantitative estimate of drug-likeness (QED) is 0.207. The molecule has 2 aliphatic carbocycles. The minimum atomic E-state index is -0.784. The minimum absolute atomic E-state index is 0.0325. The summed E-state index contributed by atoms with van der Waals surface area (Å²) in [4.78, 5) is 52.5. The SMILES string of the molecule is CCCCN1C(=O)C(=C(N)N)C(=O)N(C2CCC3(CC2)CC2(C3)NC(=O)NC2=O)C1=S. The number of carbonyl (C=O) groups is 4. The molecule has 2 saturated carbocycles. The Morgan fingerprint density at radius 1 is 1.13 bits per heavy atom. The summed E-state index contributed by atoms with van der Waals surface area (Å²) in [5, 5.41) is 5.29. The molecule has 2 heterocycles. The Kier molecular flexibility index (Phi) is 5.19. The van der Waals surface area contributed by atoms with Gasteiger partial charge in [0.15, 0.2) is 5.11 Å². The zero-order chi connectivity index (χ0) is 22.6. The van der Waals surface area contributed by atoms with E-state index < -0.39 is 23.4 Å². The minimum Gasteiger partial charge on any atom is -0.385 e. The fraction of sp³-hybridized carbons (Fsp3) is 0.650. The summed E-state index contributed by atoms with van der Waals surface area (Å²) >= 11 is 5.55. The monoisotopic (exact) mass is 448 g/mol. The lowest BCUT2D eigenvalue weighted by Gasteiger charge is -2.56. The lowest BCUT2D eigenvalue weighted by molar-refractivity contribution is -0.138. The van der Waals surface area contributed by atoms with Crippen LogP contribution < -0.4 is 22.1 Å². The topological polar surface area (TPSA) is 151 Å². The van der Waals surface area contributed by atoms with Gasteiger partial charge < -0.3 is 16.8 Å². The van der Waals surface area contributed by atoms with E-state index in [1.807, 2.05) is 6.92 Å². The average Bonchev–Trinajstić information content (AvgIpc) is 2.96. The lowest BCUT2D eigenvalue weighted by atomic mass is 9.51. The van der Waals surface area contributed by atoms with Crippen LogP contribution in [0.3, 0.4) is 0 Å². The van der Waals surface area contributed by atoms with Gasteiger partial charge >= 0.3 is 6.03 Å². The van der Waals surface area contributed by atoms with Crippen LogP contribution in [-0.2, 0) is 14.4 Å². The molecule has 0 aromatic carbocycles. The number of nitrogens with zero attached hydrogens (tertiary/aromatic N) is 2. The maximum Gasteiger partial charge on any atom is 0.322 e. The maximum absolute atomic E-state index is 13.1. The molecule has 0 bridgehead atoms. The number of thiocarbonyl (C=S) groups is 1. The van der Waals surface area contributed by atoms with E-state index in [2.05, 4.69) is 10.6 Å². The third-order valence-corrected chi connectivity index (χ3v) is 7.52. The van der Waals surface area contributed by atoms with Crippen molar-refractivity contribution in [2.45, 2.75) is 69.9 Å². The fourth-order valence-corrected chi connectivity index (χ4v) is 5.97. The van der Waals surface area contributed by atoms with Gasteiger partial charge in [-0.05, 0) is 62.6 Å². The molecule has 10 nitrogen and oxygen atoms in total. The molecule has 2 aliphatic heterocycles. The number of hydrogen-bond donors (Lipinski definition) is 4. The highest BCUT2D eigenvalue weighted by molar-refractivity contribution is 7.80. The number of carbonyl (C=O) groups excluding carboxylic acids is 4. The van der Waals surface area contributed by atoms with Gasteiger partial charge in [0.1, 0.15) is 16.9 Å². The molecule has 2 spiro atoms. The van der Waals surface area contributed by atoms with E-state index >= 15 is 0 Å². The normalized spacial score (nSPS) is 33.1. The highest BCUT2D eigenvalue weighted by Gasteiger charge is 2.63. The molecular weight excluding hydrogens is 420 g/mol. The van der Waals surface area contributed by atoms with Crippen molar-refractivity contribution in [1.82, 2.24) is 20.4 Å². The molecule has 0 unspecified atom stereocenters. The van der Waals surface area contributed by atoms with Gasteiger partial charge in [0.2, 0.25) is 0 Å². The first-order chi connectivity index (χ1) is 14.6. The Morgan fingerprint density at radius 3 is 2.29 bits per heavy atom. The van der Waals surface area contributed by atoms with Crippen LogP contribution in [0.25, 0.3) is 0 Å². The summed E-state index contributed by atoms with van der Waals surface area (Å²) in [6.07, 6.45) is 5.79. The standard InChI is InChI=1S/C20H28N6O4S/c1-2-3-8-25-14(27)12(13(21)22)15(28)26(18(25)31)11-4-6-19(7-5-11)9-20(10-19)16(29)23-17(30)24-20/h11H,2-10,21-22H2,1H3,(H2,23,24,29,30). The maximum atomic E-state index is 13.1. The molecule has 0 radical (unpaired) electrons.